The number of carbonyl (C=O) groups is 1. The van der Waals surface area contributed by atoms with Crippen LogP contribution in [0.25, 0.3) is 0 Å². The van der Waals surface area contributed by atoms with Crippen molar-refractivity contribution in [1.82, 2.24) is 5.43 Å². The molecule has 0 bridgehead atoms. The molecule has 0 spiro atoms. The maximum atomic E-state index is 12.2. The second-order valence-electron chi connectivity index (χ2n) is 5.35. The number of nitrogens with zero attached hydrogens (tertiary/aromatic N) is 1. The monoisotopic (exact) mass is 421 g/mol. The van der Waals surface area contributed by atoms with E-state index in [9.17, 15) is 9.90 Å². The van der Waals surface area contributed by atoms with Crippen LogP contribution < -0.4 is 20.2 Å². The maximum absolute atomic E-state index is 12.2. The highest BCUT2D eigenvalue weighted by atomic mass is 79.9. The van der Waals surface area contributed by atoms with Gasteiger partial charge in [0, 0.05) is 0 Å². The largest absolute Gasteiger partial charge is 0.503 e. The van der Waals surface area contributed by atoms with Crippen molar-refractivity contribution >= 4 is 33.7 Å². The van der Waals surface area contributed by atoms with E-state index in [1.807, 2.05) is 18.2 Å². The lowest BCUT2D eigenvalue weighted by molar-refractivity contribution is -0.121. The van der Waals surface area contributed by atoms with Gasteiger partial charge in [0.15, 0.2) is 11.5 Å². The topological polar surface area (TPSA) is 92.2 Å². The number of methoxy groups -OCH3 is 2. The Bertz CT molecular complexity index is 811. The van der Waals surface area contributed by atoms with E-state index in [1.165, 1.54) is 13.3 Å². The molecule has 26 heavy (non-hydrogen) atoms. The Morgan fingerprint density at radius 2 is 1.92 bits per heavy atom. The summed E-state index contributed by atoms with van der Waals surface area (Å²) in [5.74, 6) is 0.648. The predicted molar refractivity (Wildman–Crippen MR) is 104 cm³/mol. The Morgan fingerprint density at radius 3 is 2.62 bits per heavy atom. The van der Waals surface area contributed by atoms with Crippen molar-refractivity contribution in [3.63, 3.8) is 0 Å². The number of hydrogen-bond donors (Lipinski definition) is 3. The number of benzene rings is 2. The lowest BCUT2D eigenvalue weighted by Crippen LogP contribution is -2.35. The highest BCUT2D eigenvalue weighted by Crippen LogP contribution is 2.34. The van der Waals surface area contributed by atoms with E-state index in [4.69, 9.17) is 9.47 Å². The van der Waals surface area contributed by atoms with Crippen LogP contribution in [0.3, 0.4) is 0 Å². The molecule has 7 nitrogen and oxygen atoms in total. The number of amides is 1. The molecular weight excluding hydrogens is 402 g/mol. The standard InChI is InChI=1S/C18H20BrN3O4/c1-11(21-14-6-4-5-7-15(14)25-2)18(24)22-20-10-12-8-13(19)17(23)16(9-12)26-3/h4-11,21,23H,1-3H3,(H,22,24)/b20-10-/t11-/m0/s1. The minimum absolute atomic E-state index is 0.00307. The average molecular weight is 422 g/mol. The minimum atomic E-state index is -0.524. The van der Waals surface area contributed by atoms with Crippen LogP contribution in [0.2, 0.25) is 0 Å². The van der Waals surface area contributed by atoms with Gasteiger partial charge in [-0.25, -0.2) is 5.43 Å². The Hall–Kier alpha value is -2.74. The molecule has 0 fully saturated rings. The molecule has 2 aromatic rings. The number of nitrogens with one attached hydrogen (secondary N) is 2. The Morgan fingerprint density at radius 1 is 1.23 bits per heavy atom. The average Bonchev–Trinajstić information content (AvgIpc) is 2.64. The first-order chi connectivity index (χ1) is 12.5. The van der Waals surface area contributed by atoms with Crippen molar-refractivity contribution in [3.8, 4) is 17.2 Å². The fourth-order valence-electron chi connectivity index (χ4n) is 2.15. The Labute approximate surface area is 160 Å². The second kappa shape index (κ2) is 9.10. The molecule has 0 radical (unpaired) electrons. The van der Waals surface area contributed by atoms with Crippen LogP contribution in [-0.4, -0.2) is 37.5 Å². The minimum Gasteiger partial charge on any atom is -0.503 e. The predicted octanol–water partition coefficient (Wildman–Crippen LogP) is 3.12. The Balaban J connectivity index is 1.99. The molecule has 0 unspecified atom stereocenters. The van der Waals surface area contributed by atoms with Gasteiger partial charge in [-0.15, -0.1) is 0 Å². The SMILES string of the molecule is COc1ccccc1N[C@@H](C)C(=O)N/N=C\c1cc(Br)c(O)c(OC)c1. The van der Waals surface area contributed by atoms with Crippen molar-refractivity contribution < 1.29 is 19.4 Å². The van der Waals surface area contributed by atoms with E-state index in [0.29, 0.717) is 27.2 Å². The summed E-state index contributed by atoms with van der Waals surface area (Å²) < 4.78 is 10.8. The molecule has 8 heteroatoms. The highest BCUT2D eigenvalue weighted by Gasteiger charge is 2.14. The molecule has 0 aliphatic heterocycles. The quantitative estimate of drug-likeness (QED) is 0.471. The van der Waals surface area contributed by atoms with Gasteiger partial charge in [-0.2, -0.15) is 5.10 Å². The van der Waals surface area contributed by atoms with Crippen molar-refractivity contribution in [2.75, 3.05) is 19.5 Å². The van der Waals surface area contributed by atoms with Crippen LogP contribution in [0.1, 0.15) is 12.5 Å². The zero-order chi connectivity index (χ0) is 19.1. The lowest BCUT2D eigenvalue weighted by atomic mass is 10.2. The first kappa shape index (κ1) is 19.6. The maximum Gasteiger partial charge on any atom is 0.262 e. The van der Waals surface area contributed by atoms with Crippen LogP contribution in [0.5, 0.6) is 17.2 Å². The summed E-state index contributed by atoms with van der Waals surface area (Å²) >= 11 is 3.23. The van der Waals surface area contributed by atoms with Gasteiger partial charge < -0.3 is 19.9 Å². The number of para-hydroxylation sites is 2. The summed E-state index contributed by atoms with van der Waals surface area (Å²) in [7, 11) is 3.02. The van der Waals surface area contributed by atoms with Crippen molar-refractivity contribution in [3.05, 3.63) is 46.4 Å². The number of ether oxygens (including phenoxy) is 2. The number of hydrogen-bond acceptors (Lipinski definition) is 6. The zero-order valence-electron chi connectivity index (χ0n) is 14.6. The summed E-state index contributed by atoms with van der Waals surface area (Å²) in [5.41, 5.74) is 3.84. The van der Waals surface area contributed by atoms with E-state index < -0.39 is 6.04 Å². The van der Waals surface area contributed by atoms with E-state index in [2.05, 4.69) is 31.8 Å². The van der Waals surface area contributed by atoms with Crippen LogP contribution in [0, 0.1) is 0 Å². The molecule has 2 aromatic carbocycles. The first-order valence-corrected chi connectivity index (χ1v) is 8.54. The Kier molecular flexibility index (Phi) is 6.85. The second-order valence-corrected chi connectivity index (χ2v) is 6.21. The number of rotatable bonds is 7. The van der Waals surface area contributed by atoms with Crippen molar-refractivity contribution in [2.24, 2.45) is 5.10 Å². The van der Waals surface area contributed by atoms with Gasteiger partial charge >= 0.3 is 0 Å². The summed E-state index contributed by atoms with van der Waals surface area (Å²) in [6, 6.07) is 10.1. The summed E-state index contributed by atoms with van der Waals surface area (Å²) in [6.45, 7) is 1.72. The van der Waals surface area contributed by atoms with E-state index in [0.717, 1.165) is 0 Å². The number of phenols is 1. The van der Waals surface area contributed by atoms with Gasteiger partial charge in [0.05, 0.1) is 30.6 Å². The number of halogens is 1. The van der Waals surface area contributed by atoms with Crippen molar-refractivity contribution in [1.29, 1.82) is 0 Å². The van der Waals surface area contributed by atoms with Crippen LogP contribution in [0.4, 0.5) is 5.69 Å². The van der Waals surface area contributed by atoms with Crippen LogP contribution >= 0.6 is 15.9 Å². The first-order valence-electron chi connectivity index (χ1n) is 7.75. The zero-order valence-corrected chi connectivity index (χ0v) is 16.2. The molecule has 0 aliphatic rings. The number of anilines is 1. The molecule has 0 heterocycles. The third kappa shape index (κ3) is 4.89. The van der Waals surface area contributed by atoms with Crippen LogP contribution in [-0.2, 0) is 4.79 Å². The van der Waals surface area contributed by atoms with Gasteiger partial charge in [0.2, 0.25) is 0 Å². The lowest BCUT2D eigenvalue weighted by Gasteiger charge is -2.15. The summed E-state index contributed by atoms with van der Waals surface area (Å²) in [5, 5.41) is 16.8. The molecule has 138 valence electrons. The third-order valence-electron chi connectivity index (χ3n) is 3.53. The molecule has 2 rings (SSSR count). The number of phenolic OH excluding ortho intramolecular Hbond substituents is 1. The van der Waals surface area contributed by atoms with E-state index >= 15 is 0 Å². The number of aromatic hydroxyl groups is 1. The van der Waals surface area contributed by atoms with E-state index in [-0.39, 0.29) is 11.7 Å². The molecule has 0 saturated carbocycles. The molecule has 0 aromatic heterocycles. The van der Waals surface area contributed by atoms with E-state index in [1.54, 1.807) is 32.2 Å². The summed E-state index contributed by atoms with van der Waals surface area (Å²) in [6.07, 6.45) is 1.46. The van der Waals surface area contributed by atoms with Gasteiger partial charge in [-0.3, -0.25) is 4.79 Å². The summed E-state index contributed by atoms with van der Waals surface area (Å²) in [4.78, 5) is 12.2. The molecular formula is C18H20BrN3O4. The fourth-order valence-corrected chi connectivity index (χ4v) is 2.61. The van der Waals surface area contributed by atoms with Crippen LogP contribution in [0.15, 0.2) is 46.0 Å². The van der Waals surface area contributed by atoms with Gasteiger partial charge in [0.25, 0.3) is 5.91 Å². The van der Waals surface area contributed by atoms with Gasteiger partial charge in [-0.05, 0) is 52.7 Å². The number of carbonyl (C=O) groups excluding carboxylic acids is 1. The molecule has 0 saturated heterocycles. The number of hydrazone groups is 1. The normalized spacial score (nSPS) is 11.8. The highest BCUT2D eigenvalue weighted by molar-refractivity contribution is 9.10. The van der Waals surface area contributed by atoms with Gasteiger partial charge in [-0.1, -0.05) is 12.1 Å². The molecule has 1 atom stereocenters. The molecule has 3 N–H and O–H groups in total. The smallest absolute Gasteiger partial charge is 0.262 e. The fraction of sp³-hybridized carbons (Fsp3) is 0.222. The van der Waals surface area contributed by atoms with Gasteiger partial charge in [0.1, 0.15) is 11.8 Å². The third-order valence-corrected chi connectivity index (χ3v) is 4.14. The molecule has 0 aliphatic carbocycles. The van der Waals surface area contributed by atoms with Crippen molar-refractivity contribution in [2.45, 2.75) is 13.0 Å². The molecule has 1 amide bonds.